The van der Waals surface area contributed by atoms with Crippen LogP contribution < -0.4 is 30.7 Å². The average Bonchev–Trinajstić information content (AvgIpc) is 3.40. The summed E-state index contributed by atoms with van der Waals surface area (Å²) in [5, 5.41) is 11.5. The number of carbonyl (C=O) groups is 6. The first-order chi connectivity index (χ1) is 35.0. The summed E-state index contributed by atoms with van der Waals surface area (Å²) >= 11 is 0. The first-order valence-corrected chi connectivity index (χ1v) is 23.8. The minimum absolute atomic E-state index is 0.216. The van der Waals surface area contributed by atoms with E-state index in [9.17, 15) is 28.8 Å². The number of ether oxygens (including phenoxy) is 2. The summed E-state index contributed by atoms with van der Waals surface area (Å²) in [6, 6.07) is 47.5. The fraction of sp³-hybridized carbons (Fsp3) is 0.241. The Labute approximate surface area is 421 Å². The van der Waals surface area contributed by atoms with Gasteiger partial charge in [-0.2, -0.15) is 0 Å². The van der Waals surface area contributed by atoms with Crippen molar-refractivity contribution < 1.29 is 38.2 Å². The molecule has 0 spiro atoms. The number of nitrogens with zero attached hydrogens (tertiary/aromatic N) is 2. The van der Waals surface area contributed by atoms with Gasteiger partial charge in [0.25, 0.3) is 11.8 Å². The van der Waals surface area contributed by atoms with Gasteiger partial charge in [-0.25, -0.2) is 0 Å². The van der Waals surface area contributed by atoms with Crippen LogP contribution in [-0.4, -0.2) is 112 Å². The predicted molar refractivity (Wildman–Crippen MR) is 276 cm³/mol. The van der Waals surface area contributed by atoms with Gasteiger partial charge in [0.15, 0.2) is 0 Å². The number of hydrogen-bond acceptors (Lipinski definition) is 8. The molecule has 4 N–H and O–H groups in total. The largest absolute Gasteiger partial charge is 0.497 e. The monoisotopic (exact) mass is 968 g/mol. The molecule has 6 aromatic carbocycles. The molecule has 14 heteroatoms. The van der Waals surface area contributed by atoms with Crippen molar-refractivity contribution in [1.82, 2.24) is 31.1 Å². The van der Waals surface area contributed by atoms with Gasteiger partial charge in [-0.15, -0.1) is 0 Å². The standard InChI is InChI=1S/C58H60N6O8/c1-71-51-25-21-45(22-26-51)31-35-61-55(67)41-63(39-53(65)59-33-29-43-11-5-3-6-12-43)57(69)49-17-9-15-47(37-49)19-20-48-16-10-18-50(38-48)58(70)64(40-54(66)60-34-30-44-13-7-4-8-14-44)42-56(68)62-36-32-46-23-27-52(72-2)28-24-46/h3-18,21-28,37-38H,29-36,39-42H2,1-2H3,(H,59,65)(H,60,66)(H,61,67)(H,62,68). The van der Waals surface area contributed by atoms with Crippen molar-refractivity contribution in [3.8, 4) is 23.3 Å². The van der Waals surface area contributed by atoms with Crippen LogP contribution in [0, 0.1) is 11.8 Å². The highest BCUT2D eigenvalue weighted by atomic mass is 16.5. The quantitative estimate of drug-likeness (QED) is 0.0582. The van der Waals surface area contributed by atoms with Gasteiger partial charge in [0.05, 0.1) is 14.2 Å². The van der Waals surface area contributed by atoms with Crippen LogP contribution in [0.2, 0.25) is 0 Å². The highest BCUT2D eigenvalue weighted by Gasteiger charge is 2.24. The highest BCUT2D eigenvalue weighted by Crippen LogP contribution is 2.14. The Kier molecular flexibility index (Phi) is 20.5. The Morgan fingerprint density at radius 3 is 1.00 bits per heavy atom. The summed E-state index contributed by atoms with van der Waals surface area (Å²) in [6.45, 7) is -0.0933. The third kappa shape index (κ3) is 17.7. The van der Waals surface area contributed by atoms with Gasteiger partial charge in [0.2, 0.25) is 23.6 Å². The number of hydrogen-bond donors (Lipinski definition) is 4. The summed E-state index contributed by atoms with van der Waals surface area (Å²) in [4.78, 5) is 83.6. The zero-order valence-electron chi connectivity index (χ0n) is 40.7. The van der Waals surface area contributed by atoms with Crippen molar-refractivity contribution in [3.05, 3.63) is 202 Å². The lowest BCUT2D eigenvalue weighted by Gasteiger charge is -2.22. The number of amides is 6. The summed E-state index contributed by atoms with van der Waals surface area (Å²) < 4.78 is 10.5. The van der Waals surface area contributed by atoms with Crippen LogP contribution in [0.3, 0.4) is 0 Å². The topological polar surface area (TPSA) is 175 Å². The van der Waals surface area contributed by atoms with E-state index in [0.717, 1.165) is 33.8 Å². The molecule has 6 rings (SSSR count). The molecule has 0 radical (unpaired) electrons. The molecule has 0 unspecified atom stereocenters. The number of nitrogens with one attached hydrogen (secondary N) is 4. The van der Waals surface area contributed by atoms with Gasteiger partial charge in [-0.1, -0.05) is 109 Å². The smallest absolute Gasteiger partial charge is 0.254 e. The van der Waals surface area contributed by atoms with Crippen molar-refractivity contribution in [2.75, 3.05) is 66.6 Å². The lowest BCUT2D eigenvalue weighted by atomic mass is 10.1. The number of carbonyl (C=O) groups excluding carboxylic acids is 6. The zero-order chi connectivity index (χ0) is 50.9. The molecule has 14 nitrogen and oxygen atoms in total. The molecule has 370 valence electrons. The summed E-state index contributed by atoms with van der Waals surface area (Å²) in [5.74, 6) is 4.83. The molecule has 0 aliphatic carbocycles. The molecule has 0 aliphatic rings. The van der Waals surface area contributed by atoms with Crippen molar-refractivity contribution in [1.29, 1.82) is 0 Å². The van der Waals surface area contributed by atoms with Crippen LogP contribution in [-0.2, 0) is 44.9 Å². The maximum Gasteiger partial charge on any atom is 0.254 e. The van der Waals surface area contributed by atoms with E-state index >= 15 is 0 Å². The number of methoxy groups -OCH3 is 2. The molecule has 0 fully saturated rings. The number of rotatable bonds is 24. The second-order valence-corrected chi connectivity index (χ2v) is 16.8. The zero-order valence-corrected chi connectivity index (χ0v) is 40.7. The second-order valence-electron chi connectivity index (χ2n) is 16.8. The van der Waals surface area contributed by atoms with E-state index in [-0.39, 0.29) is 37.3 Å². The summed E-state index contributed by atoms with van der Waals surface area (Å²) in [7, 11) is 3.18. The van der Waals surface area contributed by atoms with Gasteiger partial charge in [-0.05, 0) is 109 Å². The van der Waals surface area contributed by atoms with E-state index in [2.05, 4.69) is 33.1 Å². The number of benzene rings is 6. The van der Waals surface area contributed by atoms with Gasteiger partial charge < -0.3 is 40.5 Å². The minimum Gasteiger partial charge on any atom is -0.497 e. The highest BCUT2D eigenvalue weighted by molar-refractivity contribution is 6.00. The van der Waals surface area contributed by atoms with Crippen LogP contribution in [0.4, 0.5) is 0 Å². The fourth-order valence-corrected chi connectivity index (χ4v) is 7.54. The normalized spacial score (nSPS) is 10.4. The van der Waals surface area contributed by atoms with Gasteiger partial charge in [0, 0.05) is 48.4 Å². The molecule has 0 saturated carbocycles. The third-order valence-electron chi connectivity index (χ3n) is 11.4. The summed E-state index contributed by atoms with van der Waals surface area (Å²) in [5.41, 5.74) is 5.45. The van der Waals surface area contributed by atoms with Crippen LogP contribution >= 0.6 is 0 Å². The van der Waals surface area contributed by atoms with Crippen molar-refractivity contribution >= 4 is 35.4 Å². The van der Waals surface area contributed by atoms with Gasteiger partial charge in [0.1, 0.15) is 37.7 Å². The Balaban J connectivity index is 1.12. The van der Waals surface area contributed by atoms with E-state index in [4.69, 9.17) is 9.47 Å². The molecule has 72 heavy (non-hydrogen) atoms. The van der Waals surface area contributed by atoms with E-state index in [0.29, 0.717) is 63.0 Å². The lowest BCUT2D eigenvalue weighted by molar-refractivity contribution is -0.125. The molecule has 0 heterocycles. The third-order valence-corrected chi connectivity index (χ3v) is 11.4. The first kappa shape index (κ1) is 52.7. The summed E-state index contributed by atoms with van der Waals surface area (Å²) in [6.07, 6.45) is 2.30. The van der Waals surface area contributed by atoms with Crippen molar-refractivity contribution in [2.45, 2.75) is 25.7 Å². The molecule has 6 aromatic rings. The van der Waals surface area contributed by atoms with Crippen LogP contribution in [0.1, 0.15) is 54.1 Å². The molecule has 0 aliphatic heterocycles. The molecule has 0 atom stereocenters. The Morgan fingerprint density at radius 1 is 0.389 bits per heavy atom. The van der Waals surface area contributed by atoms with Crippen molar-refractivity contribution in [3.63, 3.8) is 0 Å². The molecule has 6 amide bonds. The van der Waals surface area contributed by atoms with Gasteiger partial charge >= 0.3 is 0 Å². The molecule has 0 bridgehead atoms. The predicted octanol–water partition coefficient (Wildman–Crippen LogP) is 5.42. The Morgan fingerprint density at radius 2 is 0.694 bits per heavy atom. The van der Waals surface area contributed by atoms with Crippen molar-refractivity contribution in [2.24, 2.45) is 0 Å². The fourth-order valence-electron chi connectivity index (χ4n) is 7.54. The maximum absolute atomic E-state index is 14.1. The second kappa shape index (κ2) is 28.1. The van der Waals surface area contributed by atoms with Crippen LogP contribution in [0.15, 0.2) is 158 Å². The molecule has 0 saturated heterocycles. The van der Waals surface area contributed by atoms with Gasteiger partial charge in [-0.3, -0.25) is 28.8 Å². The minimum atomic E-state index is -0.538. The van der Waals surface area contributed by atoms with E-state index in [1.807, 2.05) is 109 Å². The Hall–Kier alpha value is -8.70. The van der Waals surface area contributed by atoms with E-state index in [1.54, 1.807) is 62.8 Å². The lowest BCUT2D eigenvalue weighted by Crippen LogP contribution is -2.46. The van der Waals surface area contributed by atoms with Crippen LogP contribution in [0.5, 0.6) is 11.5 Å². The molecular weight excluding hydrogens is 909 g/mol. The van der Waals surface area contributed by atoms with E-state index < -0.39 is 35.4 Å². The molecule has 0 aromatic heterocycles. The average molecular weight is 969 g/mol. The SMILES string of the molecule is COc1ccc(CCNC(=O)CN(CC(=O)NCCc2ccccc2)C(=O)c2cccc(C#Cc3cccc(C(=O)N(CC(=O)NCCc4ccccc4)CC(=O)NCCc4ccc(OC)cc4)c3)c2)cc1. The molecular formula is C58H60N6O8. The van der Waals surface area contributed by atoms with E-state index in [1.165, 1.54) is 9.80 Å². The first-order valence-electron chi connectivity index (χ1n) is 23.8. The van der Waals surface area contributed by atoms with Crippen LogP contribution in [0.25, 0.3) is 0 Å². The Bertz CT molecular complexity index is 2620. The maximum atomic E-state index is 14.1.